The summed E-state index contributed by atoms with van der Waals surface area (Å²) in [5.74, 6) is 0.360. The molecule has 0 atom stereocenters. The lowest BCUT2D eigenvalue weighted by Crippen LogP contribution is -2.25. The minimum absolute atomic E-state index is 0.360. The maximum absolute atomic E-state index is 4.37. The van der Waals surface area contributed by atoms with E-state index in [1.807, 2.05) is 6.07 Å². The molecule has 0 unspecified atom stereocenters. The lowest BCUT2D eigenvalue weighted by Gasteiger charge is -2.11. The molecule has 2 aromatic rings. The molecule has 0 aliphatic heterocycles. The van der Waals surface area contributed by atoms with Crippen LogP contribution >= 0.6 is 0 Å². The summed E-state index contributed by atoms with van der Waals surface area (Å²) >= 11 is 0. The fourth-order valence-electron chi connectivity index (χ4n) is 2.11. The standard InChI is InChI=1S/C17H21N3/c1-13(2)17(19-20-18-3)16-11-9-15(10-12-16)14-7-5-4-6-8-14/h4-13,18,20H,1-3H3/b19-17+. The summed E-state index contributed by atoms with van der Waals surface area (Å²) in [6.45, 7) is 4.28. The highest BCUT2D eigenvalue weighted by atomic mass is 15.5. The fourth-order valence-corrected chi connectivity index (χ4v) is 2.11. The molecule has 0 saturated carbocycles. The van der Waals surface area contributed by atoms with Crippen LogP contribution in [0.25, 0.3) is 11.1 Å². The van der Waals surface area contributed by atoms with E-state index >= 15 is 0 Å². The highest BCUT2D eigenvalue weighted by Crippen LogP contribution is 2.20. The van der Waals surface area contributed by atoms with Gasteiger partial charge in [-0.1, -0.05) is 68.4 Å². The molecule has 20 heavy (non-hydrogen) atoms. The average Bonchev–Trinajstić information content (AvgIpc) is 2.49. The van der Waals surface area contributed by atoms with Crippen LogP contribution in [0.3, 0.4) is 0 Å². The van der Waals surface area contributed by atoms with Crippen LogP contribution in [-0.2, 0) is 0 Å². The van der Waals surface area contributed by atoms with Crippen LogP contribution in [0, 0.1) is 5.92 Å². The van der Waals surface area contributed by atoms with Crippen molar-refractivity contribution in [3.63, 3.8) is 0 Å². The van der Waals surface area contributed by atoms with Crippen molar-refractivity contribution in [3.8, 4) is 11.1 Å². The smallest absolute Gasteiger partial charge is 0.0716 e. The van der Waals surface area contributed by atoms with Gasteiger partial charge >= 0.3 is 0 Å². The van der Waals surface area contributed by atoms with Crippen molar-refractivity contribution in [2.24, 2.45) is 11.0 Å². The lowest BCUT2D eigenvalue weighted by molar-refractivity contribution is 0.626. The molecule has 0 aliphatic carbocycles. The molecule has 0 radical (unpaired) electrons. The van der Waals surface area contributed by atoms with E-state index in [0.29, 0.717) is 5.92 Å². The van der Waals surface area contributed by atoms with Gasteiger partial charge in [-0.05, 0) is 22.6 Å². The van der Waals surface area contributed by atoms with Crippen LogP contribution in [0.5, 0.6) is 0 Å². The molecular weight excluding hydrogens is 246 g/mol. The summed E-state index contributed by atoms with van der Waals surface area (Å²) in [6, 6.07) is 18.9. The summed E-state index contributed by atoms with van der Waals surface area (Å²) in [4.78, 5) is 0. The summed E-state index contributed by atoms with van der Waals surface area (Å²) in [5.41, 5.74) is 10.3. The first-order valence-electron chi connectivity index (χ1n) is 6.87. The second-order valence-electron chi connectivity index (χ2n) is 4.96. The van der Waals surface area contributed by atoms with Crippen molar-refractivity contribution in [2.75, 3.05) is 7.05 Å². The molecule has 2 N–H and O–H groups in total. The highest BCUT2D eigenvalue weighted by molar-refractivity contribution is 6.02. The van der Waals surface area contributed by atoms with E-state index in [-0.39, 0.29) is 0 Å². The van der Waals surface area contributed by atoms with Gasteiger partial charge in [0.15, 0.2) is 0 Å². The molecular formula is C17H21N3. The van der Waals surface area contributed by atoms with Crippen molar-refractivity contribution >= 4 is 5.71 Å². The van der Waals surface area contributed by atoms with E-state index in [9.17, 15) is 0 Å². The molecule has 3 nitrogen and oxygen atoms in total. The Labute approximate surface area is 120 Å². The number of hydrogen-bond donors (Lipinski definition) is 2. The van der Waals surface area contributed by atoms with Crippen LogP contribution in [0.4, 0.5) is 0 Å². The molecule has 0 amide bonds. The Morgan fingerprint density at radius 2 is 1.50 bits per heavy atom. The predicted octanol–water partition coefficient (Wildman–Crippen LogP) is 3.44. The van der Waals surface area contributed by atoms with Crippen molar-refractivity contribution in [1.82, 2.24) is 11.0 Å². The molecule has 2 rings (SSSR count). The second-order valence-corrected chi connectivity index (χ2v) is 4.96. The quantitative estimate of drug-likeness (QED) is 0.643. The number of hydrazone groups is 1. The first-order valence-corrected chi connectivity index (χ1v) is 6.87. The van der Waals surface area contributed by atoms with Crippen molar-refractivity contribution in [3.05, 3.63) is 60.2 Å². The number of rotatable bonds is 5. The van der Waals surface area contributed by atoms with Crippen LogP contribution in [0.2, 0.25) is 0 Å². The summed E-state index contributed by atoms with van der Waals surface area (Å²) < 4.78 is 0. The van der Waals surface area contributed by atoms with Gasteiger partial charge in [0, 0.05) is 7.05 Å². The number of benzene rings is 2. The van der Waals surface area contributed by atoms with Crippen LogP contribution in [0.1, 0.15) is 19.4 Å². The molecule has 0 heterocycles. The molecule has 0 aromatic heterocycles. The minimum Gasteiger partial charge on any atom is -0.243 e. The molecule has 0 bridgehead atoms. The van der Waals surface area contributed by atoms with Gasteiger partial charge in [-0.25, -0.2) is 11.0 Å². The Morgan fingerprint density at radius 1 is 0.900 bits per heavy atom. The normalized spacial score (nSPS) is 11.7. The van der Waals surface area contributed by atoms with Gasteiger partial charge in [0.2, 0.25) is 0 Å². The summed E-state index contributed by atoms with van der Waals surface area (Å²) in [6.07, 6.45) is 0. The topological polar surface area (TPSA) is 36.4 Å². The van der Waals surface area contributed by atoms with E-state index in [2.05, 4.69) is 78.4 Å². The number of hydrogen-bond acceptors (Lipinski definition) is 3. The number of hydrazine groups is 1. The van der Waals surface area contributed by atoms with Crippen LogP contribution in [0.15, 0.2) is 59.7 Å². The Morgan fingerprint density at radius 3 is 2.05 bits per heavy atom. The zero-order valence-corrected chi connectivity index (χ0v) is 12.2. The third-order valence-electron chi connectivity index (χ3n) is 3.12. The number of nitrogens with one attached hydrogen (secondary N) is 2. The maximum atomic E-state index is 4.37. The lowest BCUT2D eigenvalue weighted by atomic mass is 9.97. The molecule has 3 heteroatoms. The van der Waals surface area contributed by atoms with Crippen LogP contribution in [-0.4, -0.2) is 12.8 Å². The maximum Gasteiger partial charge on any atom is 0.0716 e. The van der Waals surface area contributed by atoms with Gasteiger partial charge in [0.05, 0.1) is 5.71 Å². The zero-order valence-electron chi connectivity index (χ0n) is 12.2. The molecule has 0 spiro atoms. The van der Waals surface area contributed by atoms with Gasteiger partial charge in [0.1, 0.15) is 0 Å². The highest BCUT2D eigenvalue weighted by Gasteiger charge is 2.08. The molecule has 0 saturated heterocycles. The Kier molecular flexibility index (Phi) is 4.91. The average molecular weight is 267 g/mol. The van der Waals surface area contributed by atoms with Crippen molar-refractivity contribution in [2.45, 2.75) is 13.8 Å². The Balaban J connectivity index is 2.27. The van der Waals surface area contributed by atoms with Gasteiger partial charge in [0.25, 0.3) is 0 Å². The molecule has 2 aromatic carbocycles. The monoisotopic (exact) mass is 267 g/mol. The second kappa shape index (κ2) is 6.87. The van der Waals surface area contributed by atoms with E-state index in [0.717, 1.165) is 11.3 Å². The summed E-state index contributed by atoms with van der Waals surface area (Å²) in [7, 11) is 1.81. The first-order chi connectivity index (χ1) is 9.72. The Hall–Kier alpha value is -2.13. The third-order valence-corrected chi connectivity index (χ3v) is 3.12. The van der Waals surface area contributed by atoms with Gasteiger partial charge < -0.3 is 0 Å². The van der Waals surface area contributed by atoms with Crippen molar-refractivity contribution in [1.29, 1.82) is 0 Å². The minimum atomic E-state index is 0.360. The first kappa shape index (κ1) is 14.3. The summed E-state index contributed by atoms with van der Waals surface area (Å²) in [5, 5.41) is 4.37. The van der Waals surface area contributed by atoms with Gasteiger partial charge in [-0.15, -0.1) is 0 Å². The Bertz CT molecular complexity index is 557. The molecule has 104 valence electrons. The van der Waals surface area contributed by atoms with Gasteiger partial charge in [-0.3, -0.25) is 0 Å². The molecule has 0 fully saturated rings. The van der Waals surface area contributed by atoms with Gasteiger partial charge in [-0.2, -0.15) is 5.10 Å². The fraction of sp³-hybridized carbons (Fsp3) is 0.235. The number of nitrogens with zero attached hydrogens (tertiary/aromatic N) is 1. The third kappa shape index (κ3) is 3.45. The largest absolute Gasteiger partial charge is 0.243 e. The SMILES string of the molecule is CNN/N=C(/c1ccc(-c2ccccc2)cc1)C(C)C. The van der Waals surface area contributed by atoms with Crippen LogP contribution < -0.4 is 11.0 Å². The van der Waals surface area contributed by atoms with E-state index < -0.39 is 0 Å². The van der Waals surface area contributed by atoms with E-state index in [1.54, 1.807) is 7.05 Å². The van der Waals surface area contributed by atoms with E-state index in [1.165, 1.54) is 11.1 Å². The molecule has 0 aliphatic rings. The predicted molar refractivity (Wildman–Crippen MR) is 85.4 cm³/mol. The zero-order chi connectivity index (χ0) is 14.4. The van der Waals surface area contributed by atoms with Crippen molar-refractivity contribution < 1.29 is 0 Å². The van der Waals surface area contributed by atoms with E-state index in [4.69, 9.17) is 0 Å².